The van der Waals surface area contributed by atoms with E-state index in [0.29, 0.717) is 24.7 Å². The zero-order chi connectivity index (χ0) is 20.1. The zero-order valence-corrected chi connectivity index (χ0v) is 16.6. The predicted molar refractivity (Wildman–Crippen MR) is 113 cm³/mol. The van der Waals surface area contributed by atoms with Crippen LogP contribution in [0.15, 0.2) is 77.5 Å². The van der Waals surface area contributed by atoms with Crippen molar-refractivity contribution in [1.82, 2.24) is 10.3 Å². The van der Waals surface area contributed by atoms with Crippen molar-refractivity contribution in [3.05, 3.63) is 89.9 Å². The molecule has 0 aliphatic carbocycles. The van der Waals surface area contributed by atoms with Crippen LogP contribution in [-0.4, -0.2) is 12.1 Å². The van der Waals surface area contributed by atoms with E-state index >= 15 is 0 Å². The van der Waals surface area contributed by atoms with Gasteiger partial charge in [-0.1, -0.05) is 30.3 Å². The van der Waals surface area contributed by atoms with Crippen LogP contribution in [0.2, 0.25) is 0 Å². The van der Waals surface area contributed by atoms with Gasteiger partial charge in [0.15, 0.2) is 11.5 Å². The molecule has 0 amide bonds. The van der Waals surface area contributed by atoms with Gasteiger partial charge in [0, 0.05) is 29.9 Å². The van der Waals surface area contributed by atoms with Crippen LogP contribution in [0, 0.1) is 0 Å². The molecule has 4 rings (SSSR count). The van der Waals surface area contributed by atoms with Gasteiger partial charge in [0.05, 0.1) is 13.2 Å². The molecule has 1 N–H and O–H groups in total. The number of hydrogen-bond donors (Lipinski definition) is 1. The Morgan fingerprint density at radius 1 is 1.00 bits per heavy atom. The second-order valence-corrected chi connectivity index (χ2v) is 6.92. The van der Waals surface area contributed by atoms with Crippen LogP contribution in [0.3, 0.4) is 0 Å². The minimum absolute atomic E-state index is 0.0873. The summed E-state index contributed by atoms with van der Waals surface area (Å²) in [5.74, 6) is 2.35. The molecule has 5 heteroatoms. The molecule has 2 heterocycles. The van der Waals surface area contributed by atoms with Crippen LogP contribution in [0.5, 0.6) is 11.5 Å². The normalized spacial score (nSPS) is 12.1. The van der Waals surface area contributed by atoms with Crippen LogP contribution in [0.25, 0.3) is 11.0 Å². The molecule has 1 atom stereocenters. The van der Waals surface area contributed by atoms with Crippen molar-refractivity contribution in [2.75, 3.05) is 7.11 Å². The molecular formula is C24H24N2O3. The van der Waals surface area contributed by atoms with Gasteiger partial charge >= 0.3 is 0 Å². The largest absolute Gasteiger partial charge is 0.493 e. The highest BCUT2D eigenvalue weighted by Crippen LogP contribution is 2.29. The van der Waals surface area contributed by atoms with Crippen molar-refractivity contribution in [1.29, 1.82) is 0 Å². The zero-order valence-electron chi connectivity index (χ0n) is 16.6. The first-order chi connectivity index (χ1) is 14.2. The van der Waals surface area contributed by atoms with Crippen LogP contribution < -0.4 is 14.8 Å². The van der Waals surface area contributed by atoms with Crippen LogP contribution >= 0.6 is 0 Å². The van der Waals surface area contributed by atoms with E-state index < -0.39 is 0 Å². The number of benzene rings is 2. The van der Waals surface area contributed by atoms with Gasteiger partial charge in [-0.15, -0.1) is 0 Å². The Labute approximate surface area is 170 Å². The molecule has 29 heavy (non-hydrogen) atoms. The highest BCUT2D eigenvalue weighted by molar-refractivity contribution is 5.77. The molecule has 5 nitrogen and oxygen atoms in total. The summed E-state index contributed by atoms with van der Waals surface area (Å²) in [4.78, 5) is 4.12. The van der Waals surface area contributed by atoms with Gasteiger partial charge in [0.1, 0.15) is 18.0 Å². The topological polar surface area (TPSA) is 56.5 Å². The highest BCUT2D eigenvalue weighted by atomic mass is 16.5. The van der Waals surface area contributed by atoms with Gasteiger partial charge in [0.2, 0.25) is 0 Å². The number of aromatic nitrogens is 1. The molecule has 0 spiro atoms. The molecule has 4 aromatic rings. The molecule has 0 bridgehead atoms. The Balaban J connectivity index is 1.42. The quantitative estimate of drug-likeness (QED) is 0.446. The van der Waals surface area contributed by atoms with Crippen molar-refractivity contribution >= 4 is 11.0 Å². The first kappa shape index (κ1) is 19.0. The molecule has 0 aliphatic rings. The van der Waals surface area contributed by atoms with Crippen molar-refractivity contribution < 1.29 is 13.9 Å². The minimum atomic E-state index is 0.0873. The molecule has 2 aromatic heterocycles. The van der Waals surface area contributed by atoms with E-state index in [1.54, 1.807) is 19.5 Å². The van der Waals surface area contributed by atoms with Gasteiger partial charge in [-0.3, -0.25) is 4.98 Å². The van der Waals surface area contributed by atoms with E-state index in [1.807, 2.05) is 48.5 Å². The number of pyridine rings is 1. The molecule has 0 saturated heterocycles. The fraction of sp³-hybridized carbons (Fsp3) is 0.208. The molecule has 148 valence electrons. The molecule has 0 aliphatic heterocycles. The van der Waals surface area contributed by atoms with Gasteiger partial charge in [-0.25, -0.2) is 0 Å². The monoisotopic (exact) mass is 388 g/mol. The summed E-state index contributed by atoms with van der Waals surface area (Å²) >= 11 is 0. The Morgan fingerprint density at radius 3 is 2.69 bits per heavy atom. The Bertz CT molecular complexity index is 1040. The van der Waals surface area contributed by atoms with Crippen LogP contribution in [-0.2, 0) is 13.2 Å². The van der Waals surface area contributed by atoms with E-state index in [9.17, 15) is 0 Å². The van der Waals surface area contributed by atoms with Crippen molar-refractivity contribution in [2.45, 2.75) is 26.1 Å². The molecule has 0 saturated carbocycles. The second kappa shape index (κ2) is 8.80. The number of rotatable bonds is 8. The smallest absolute Gasteiger partial charge is 0.161 e. The standard InChI is InChI=1S/C24H24N2O3/c1-17(23-13-20-7-3-4-8-21(20)29-23)26-15-18-9-10-22(27-2)24(12-18)28-16-19-6-5-11-25-14-19/h3-14,17,26H,15-16H2,1-2H3/t17-/m1/s1. The summed E-state index contributed by atoms with van der Waals surface area (Å²) in [5, 5.41) is 4.63. The third kappa shape index (κ3) is 4.58. The number of nitrogens with one attached hydrogen (secondary N) is 1. The van der Waals surface area contributed by atoms with E-state index in [4.69, 9.17) is 13.9 Å². The van der Waals surface area contributed by atoms with E-state index in [0.717, 1.165) is 27.9 Å². The first-order valence-electron chi connectivity index (χ1n) is 9.63. The Morgan fingerprint density at radius 2 is 1.90 bits per heavy atom. The fourth-order valence-electron chi connectivity index (χ4n) is 3.18. The third-order valence-corrected chi connectivity index (χ3v) is 4.83. The number of nitrogens with zero attached hydrogens (tertiary/aromatic N) is 1. The van der Waals surface area contributed by atoms with Crippen LogP contribution in [0.4, 0.5) is 0 Å². The lowest BCUT2D eigenvalue weighted by Crippen LogP contribution is -2.17. The Hall–Kier alpha value is -3.31. The number of methoxy groups -OCH3 is 1. The maximum absolute atomic E-state index is 5.97. The number of ether oxygens (including phenoxy) is 2. The van der Waals surface area contributed by atoms with Gasteiger partial charge in [-0.05, 0) is 42.8 Å². The lowest BCUT2D eigenvalue weighted by molar-refractivity contribution is 0.283. The summed E-state index contributed by atoms with van der Waals surface area (Å²) in [6.45, 7) is 3.23. The molecule has 0 fully saturated rings. The van der Waals surface area contributed by atoms with Gasteiger partial charge < -0.3 is 19.2 Å². The third-order valence-electron chi connectivity index (χ3n) is 4.83. The summed E-state index contributed by atoms with van der Waals surface area (Å²) < 4.78 is 17.4. The average molecular weight is 388 g/mol. The summed E-state index contributed by atoms with van der Waals surface area (Å²) in [6.07, 6.45) is 3.55. The lowest BCUT2D eigenvalue weighted by Gasteiger charge is -2.14. The van der Waals surface area contributed by atoms with Crippen molar-refractivity contribution in [3.8, 4) is 11.5 Å². The maximum atomic E-state index is 5.97. The number of para-hydroxylation sites is 1. The molecular weight excluding hydrogens is 364 g/mol. The highest BCUT2D eigenvalue weighted by Gasteiger charge is 2.12. The average Bonchev–Trinajstić information content (AvgIpc) is 3.21. The van der Waals surface area contributed by atoms with E-state index in [2.05, 4.69) is 29.4 Å². The maximum Gasteiger partial charge on any atom is 0.161 e. The summed E-state index contributed by atoms with van der Waals surface area (Å²) in [7, 11) is 1.65. The lowest BCUT2D eigenvalue weighted by atomic mass is 10.1. The molecule has 0 unspecified atom stereocenters. The minimum Gasteiger partial charge on any atom is -0.493 e. The fourth-order valence-corrected chi connectivity index (χ4v) is 3.18. The number of furan rings is 1. The molecule has 0 radical (unpaired) electrons. The summed E-state index contributed by atoms with van der Waals surface area (Å²) in [5.41, 5.74) is 3.03. The van der Waals surface area contributed by atoms with E-state index in [1.165, 1.54) is 0 Å². The van der Waals surface area contributed by atoms with Gasteiger partial charge in [0.25, 0.3) is 0 Å². The predicted octanol–water partition coefficient (Wildman–Crippen LogP) is 5.27. The SMILES string of the molecule is COc1ccc(CN[C@H](C)c2cc3ccccc3o2)cc1OCc1cccnc1. The van der Waals surface area contributed by atoms with Crippen molar-refractivity contribution in [3.63, 3.8) is 0 Å². The van der Waals surface area contributed by atoms with Gasteiger partial charge in [-0.2, -0.15) is 0 Å². The van der Waals surface area contributed by atoms with Crippen LogP contribution in [0.1, 0.15) is 29.9 Å². The second-order valence-electron chi connectivity index (χ2n) is 6.92. The number of fused-ring (bicyclic) bond motifs is 1. The molecule has 2 aromatic carbocycles. The number of hydrogen-bond acceptors (Lipinski definition) is 5. The first-order valence-corrected chi connectivity index (χ1v) is 9.63. The summed E-state index contributed by atoms with van der Waals surface area (Å²) in [6, 6.07) is 20.1. The van der Waals surface area contributed by atoms with E-state index in [-0.39, 0.29) is 6.04 Å². The van der Waals surface area contributed by atoms with Crippen molar-refractivity contribution in [2.24, 2.45) is 0 Å². The Kier molecular flexibility index (Phi) is 5.77.